The Kier molecular flexibility index (Phi) is 7.05. The molecule has 3 aromatic rings. The third-order valence-corrected chi connectivity index (χ3v) is 6.32. The molecular weight excluding hydrogens is 454 g/mol. The smallest absolute Gasteiger partial charge is 0.230 e. The molecule has 5 heteroatoms. The molecule has 4 nitrogen and oxygen atoms in total. The van der Waals surface area contributed by atoms with Crippen LogP contribution in [0.2, 0.25) is 0 Å². The fraction of sp³-hybridized carbons (Fsp3) is 0.269. The second-order valence-corrected chi connectivity index (χ2v) is 8.58. The number of benzene rings is 3. The minimum atomic E-state index is -0.555. The van der Waals surface area contributed by atoms with E-state index in [-0.39, 0.29) is 5.91 Å². The highest BCUT2D eigenvalue weighted by molar-refractivity contribution is 9.10. The van der Waals surface area contributed by atoms with Crippen LogP contribution in [0.3, 0.4) is 0 Å². The quantitative estimate of drug-likeness (QED) is 0.464. The maximum absolute atomic E-state index is 13.3. The van der Waals surface area contributed by atoms with Crippen molar-refractivity contribution in [3.8, 4) is 16.9 Å². The fourth-order valence-corrected chi connectivity index (χ4v) is 4.34. The molecule has 1 heterocycles. The lowest BCUT2D eigenvalue weighted by Crippen LogP contribution is -2.48. The standard InChI is InChI=1S/C26H26BrNO3/c27-22-12-10-21(11-13-22)26(14-17-30-18-15-26)25(29)28-16-19-31-24-9-5-4-8-23(24)20-6-2-1-3-7-20/h1-13H,14-19H2,(H,28,29). The van der Waals surface area contributed by atoms with Gasteiger partial charge in [0, 0.05) is 23.2 Å². The van der Waals surface area contributed by atoms with Gasteiger partial charge in [-0.25, -0.2) is 0 Å². The molecule has 1 N–H and O–H groups in total. The fourth-order valence-electron chi connectivity index (χ4n) is 4.08. The first kappa shape index (κ1) is 21.6. The van der Waals surface area contributed by atoms with Crippen molar-refractivity contribution in [2.24, 2.45) is 0 Å². The average Bonchev–Trinajstić information content (AvgIpc) is 2.83. The summed E-state index contributed by atoms with van der Waals surface area (Å²) < 4.78 is 12.6. The minimum Gasteiger partial charge on any atom is -0.491 e. The molecule has 3 aromatic carbocycles. The van der Waals surface area contributed by atoms with E-state index in [0.717, 1.165) is 26.9 Å². The van der Waals surface area contributed by atoms with E-state index in [2.05, 4.69) is 33.4 Å². The molecule has 0 unspecified atom stereocenters. The van der Waals surface area contributed by atoms with Crippen LogP contribution in [0.15, 0.2) is 83.3 Å². The van der Waals surface area contributed by atoms with E-state index in [0.29, 0.717) is 39.2 Å². The predicted molar refractivity (Wildman–Crippen MR) is 126 cm³/mol. The van der Waals surface area contributed by atoms with E-state index < -0.39 is 5.41 Å². The van der Waals surface area contributed by atoms with Gasteiger partial charge in [0.05, 0.1) is 12.0 Å². The van der Waals surface area contributed by atoms with Gasteiger partial charge in [-0.1, -0.05) is 76.6 Å². The summed E-state index contributed by atoms with van der Waals surface area (Å²) in [6.07, 6.45) is 1.36. The maximum Gasteiger partial charge on any atom is 0.230 e. The largest absolute Gasteiger partial charge is 0.491 e. The van der Waals surface area contributed by atoms with Gasteiger partial charge < -0.3 is 14.8 Å². The Balaban J connectivity index is 1.40. The van der Waals surface area contributed by atoms with E-state index in [1.165, 1.54) is 0 Å². The molecule has 0 atom stereocenters. The van der Waals surface area contributed by atoms with Gasteiger partial charge in [-0.2, -0.15) is 0 Å². The first-order valence-corrected chi connectivity index (χ1v) is 11.4. The van der Waals surface area contributed by atoms with Crippen molar-refractivity contribution < 1.29 is 14.3 Å². The van der Waals surface area contributed by atoms with Gasteiger partial charge in [-0.3, -0.25) is 4.79 Å². The highest BCUT2D eigenvalue weighted by Gasteiger charge is 2.41. The van der Waals surface area contributed by atoms with Crippen LogP contribution in [0.4, 0.5) is 0 Å². The van der Waals surface area contributed by atoms with Crippen molar-refractivity contribution in [3.05, 3.63) is 88.9 Å². The van der Waals surface area contributed by atoms with Crippen molar-refractivity contribution in [2.75, 3.05) is 26.4 Å². The number of carbonyl (C=O) groups is 1. The third-order valence-electron chi connectivity index (χ3n) is 5.79. The summed E-state index contributed by atoms with van der Waals surface area (Å²) >= 11 is 3.48. The van der Waals surface area contributed by atoms with E-state index >= 15 is 0 Å². The first-order chi connectivity index (χ1) is 15.2. The van der Waals surface area contributed by atoms with Gasteiger partial charge >= 0.3 is 0 Å². The molecule has 1 aliphatic rings. The summed E-state index contributed by atoms with van der Waals surface area (Å²) in [5.74, 6) is 0.856. The predicted octanol–water partition coefficient (Wildman–Crippen LogP) is 5.36. The lowest BCUT2D eigenvalue weighted by Gasteiger charge is -2.36. The molecule has 1 fully saturated rings. The molecule has 31 heavy (non-hydrogen) atoms. The number of halogens is 1. The molecule has 0 bridgehead atoms. The minimum absolute atomic E-state index is 0.0399. The Hall–Kier alpha value is -2.63. The zero-order valence-corrected chi connectivity index (χ0v) is 18.9. The van der Waals surface area contributed by atoms with Gasteiger partial charge in [0.15, 0.2) is 0 Å². The maximum atomic E-state index is 13.3. The van der Waals surface area contributed by atoms with Crippen molar-refractivity contribution in [3.63, 3.8) is 0 Å². The Bertz CT molecular complexity index is 999. The van der Waals surface area contributed by atoms with Crippen LogP contribution >= 0.6 is 15.9 Å². The summed E-state index contributed by atoms with van der Waals surface area (Å²) in [4.78, 5) is 13.3. The van der Waals surface area contributed by atoms with Crippen LogP contribution in [0.5, 0.6) is 5.75 Å². The highest BCUT2D eigenvalue weighted by Crippen LogP contribution is 2.36. The highest BCUT2D eigenvalue weighted by atomic mass is 79.9. The summed E-state index contributed by atoms with van der Waals surface area (Å²) in [6.45, 7) is 2.03. The molecule has 4 rings (SSSR count). The Morgan fingerprint density at radius 2 is 1.61 bits per heavy atom. The average molecular weight is 480 g/mol. The van der Waals surface area contributed by atoms with Crippen LogP contribution in [0.25, 0.3) is 11.1 Å². The summed E-state index contributed by atoms with van der Waals surface area (Å²) in [5.41, 5.74) is 2.64. The van der Waals surface area contributed by atoms with Crippen molar-refractivity contribution in [2.45, 2.75) is 18.3 Å². The number of amides is 1. The van der Waals surface area contributed by atoms with Gasteiger partial charge in [0.2, 0.25) is 5.91 Å². The second-order valence-electron chi connectivity index (χ2n) is 7.67. The van der Waals surface area contributed by atoms with Gasteiger partial charge in [0.1, 0.15) is 12.4 Å². The van der Waals surface area contributed by atoms with Crippen LogP contribution < -0.4 is 10.1 Å². The van der Waals surface area contributed by atoms with Gasteiger partial charge in [0.25, 0.3) is 0 Å². The summed E-state index contributed by atoms with van der Waals surface area (Å²) in [6, 6.07) is 26.2. The topological polar surface area (TPSA) is 47.6 Å². The van der Waals surface area contributed by atoms with E-state index in [9.17, 15) is 4.79 Å². The van der Waals surface area contributed by atoms with Crippen LogP contribution in [-0.2, 0) is 14.9 Å². The summed E-state index contributed by atoms with van der Waals surface area (Å²) in [5, 5.41) is 3.10. The molecule has 160 valence electrons. The molecule has 0 radical (unpaired) electrons. The molecule has 0 saturated carbocycles. The van der Waals surface area contributed by atoms with Crippen LogP contribution in [0, 0.1) is 0 Å². The Labute approximate surface area is 191 Å². The zero-order valence-electron chi connectivity index (χ0n) is 17.4. The third kappa shape index (κ3) is 5.00. The van der Waals surface area contributed by atoms with Gasteiger partial charge in [-0.15, -0.1) is 0 Å². The monoisotopic (exact) mass is 479 g/mol. The van der Waals surface area contributed by atoms with Crippen LogP contribution in [-0.4, -0.2) is 32.3 Å². The van der Waals surface area contributed by atoms with Crippen molar-refractivity contribution in [1.82, 2.24) is 5.32 Å². The first-order valence-electron chi connectivity index (χ1n) is 10.6. The van der Waals surface area contributed by atoms with E-state index in [1.54, 1.807) is 0 Å². The normalized spacial score (nSPS) is 15.3. The number of carbonyl (C=O) groups excluding carboxylic acids is 1. The molecule has 1 aliphatic heterocycles. The molecule has 0 spiro atoms. The number of rotatable bonds is 7. The summed E-state index contributed by atoms with van der Waals surface area (Å²) in [7, 11) is 0. The van der Waals surface area contributed by atoms with E-state index in [1.807, 2.05) is 66.7 Å². The lowest BCUT2D eigenvalue weighted by atomic mass is 9.73. The van der Waals surface area contributed by atoms with E-state index in [4.69, 9.17) is 9.47 Å². The molecule has 1 amide bonds. The molecule has 1 saturated heterocycles. The second kappa shape index (κ2) is 10.1. The lowest BCUT2D eigenvalue weighted by molar-refractivity contribution is -0.130. The molecule has 0 aromatic heterocycles. The van der Waals surface area contributed by atoms with Gasteiger partial charge in [-0.05, 0) is 42.2 Å². The number of hydrogen-bond acceptors (Lipinski definition) is 3. The molecular formula is C26H26BrNO3. The SMILES string of the molecule is O=C(NCCOc1ccccc1-c1ccccc1)C1(c2ccc(Br)cc2)CCOCC1. The van der Waals surface area contributed by atoms with Crippen molar-refractivity contribution in [1.29, 1.82) is 0 Å². The Morgan fingerprint density at radius 1 is 0.935 bits per heavy atom. The number of ether oxygens (including phenoxy) is 2. The zero-order chi connectivity index (χ0) is 21.5. The number of para-hydroxylation sites is 1. The van der Waals surface area contributed by atoms with Crippen molar-refractivity contribution >= 4 is 21.8 Å². The Morgan fingerprint density at radius 3 is 2.35 bits per heavy atom. The number of nitrogens with one attached hydrogen (secondary N) is 1. The number of hydrogen-bond donors (Lipinski definition) is 1. The van der Waals surface area contributed by atoms with Crippen LogP contribution in [0.1, 0.15) is 18.4 Å². The molecule has 0 aliphatic carbocycles.